The Labute approximate surface area is 70.2 Å². The molecule has 0 saturated carbocycles. The third-order valence-electron chi connectivity index (χ3n) is 1.96. The highest BCUT2D eigenvalue weighted by Crippen LogP contribution is 2.20. The van der Waals surface area contributed by atoms with E-state index in [2.05, 4.69) is 0 Å². The summed E-state index contributed by atoms with van der Waals surface area (Å²) < 4.78 is 4.78. The van der Waals surface area contributed by atoms with Crippen molar-refractivity contribution in [1.29, 1.82) is 0 Å². The van der Waals surface area contributed by atoms with E-state index in [9.17, 15) is 5.11 Å². The van der Waals surface area contributed by atoms with Gasteiger partial charge in [0.15, 0.2) is 6.29 Å². The molecule has 5 atom stereocenters. The van der Waals surface area contributed by atoms with E-state index < -0.39 is 30.7 Å². The largest absolute Gasteiger partial charge is 0.391 e. The van der Waals surface area contributed by atoms with Crippen LogP contribution in [0.15, 0.2) is 0 Å². The first-order valence-electron chi connectivity index (χ1n) is 3.90. The van der Waals surface area contributed by atoms with Crippen LogP contribution in [0.2, 0.25) is 0 Å². The Hall–Kier alpha value is -0.200. The highest BCUT2D eigenvalue weighted by molar-refractivity contribution is 4.83. The summed E-state index contributed by atoms with van der Waals surface area (Å²) in [5.41, 5.74) is 0. The molecule has 1 aliphatic rings. The first-order chi connectivity index (χ1) is 5.52. The molecule has 0 aromatic heterocycles. The molecule has 12 heavy (non-hydrogen) atoms. The number of aliphatic hydroxyl groups is 4. The Morgan fingerprint density at radius 1 is 1.25 bits per heavy atom. The number of ether oxygens (including phenoxy) is 1. The molecule has 72 valence electrons. The number of hydrogen-bond acceptors (Lipinski definition) is 5. The molecule has 1 aliphatic heterocycles. The quantitative estimate of drug-likeness (QED) is 0.380. The average molecular weight is 178 g/mol. The summed E-state index contributed by atoms with van der Waals surface area (Å²) in [7, 11) is 0. The molecule has 5 nitrogen and oxygen atoms in total. The van der Waals surface area contributed by atoms with Gasteiger partial charge in [-0.25, -0.2) is 0 Å². The van der Waals surface area contributed by atoms with Gasteiger partial charge in [-0.15, -0.1) is 0 Å². The second kappa shape index (κ2) is 3.68. The first kappa shape index (κ1) is 9.88. The van der Waals surface area contributed by atoms with E-state index in [1.807, 2.05) is 0 Å². The molecule has 0 bridgehead atoms. The van der Waals surface area contributed by atoms with Crippen LogP contribution in [-0.2, 0) is 4.74 Å². The van der Waals surface area contributed by atoms with Crippen LogP contribution in [0, 0.1) is 0 Å². The van der Waals surface area contributed by atoms with Crippen molar-refractivity contribution in [2.45, 2.75) is 44.1 Å². The van der Waals surface area contributed by atoms with Gasteiger partial charge in [-0.05, 0) is 6.92 Å². The molecule has 2 unspecified atom stereocenters. The average Bonchev–Trinajstić information content (AvgIpc) is 1.96. The molecule has 1 heterocycles. The zero-order chi connectivity index (χ0) is 9.30. The van der Waals surface area contributed by atoms with Crippen LogP contribution in [0.1, 0.15) is 13.3 Å². The lowest BCUT2D eigenvalue weighted by Crippen LogP contribution is -2.51. The molecular weight excluding hydrogens is 164 g/mol. The van der Waals surface area contributed by atoms with Crippen molar-refractivity contribution in [2.75, 3.05) is 0 Å². The number of aliphatic hydroxyl groups excluding tert-OH is 4. The zero-order valence-electron chi connectivity index (χ0n) is 6.79. The van der Waals surface area contributed by atoms with E-state index in [0.29, 0.717) is 0 Å². The van der Waals surface area contributed by atoms with Gasteiger partial charge in [0.1, 0.15) is 12.2 Å². The zero-order valence-corrected chi connectivity index (χ0v) is 6.79. The highest BCUT2D eigenvalue weighted by atomic mass is 16.6. The van der Waals surface area contributed by atoms with Gasteiger partial charge in [-0.1, -0.05) is 0 Å². The van der Waals surface area contributed by atoms with Crippen molar-refractivity contribution in [1.82, 2.24) is 0 Å². The van der Waals surface area contributed by atoms with Crippen LogP contribution in [0.25, 0.3) is 0 Å². The SMILES string of the molecule is C[C@@H](O)[C@H]1O[C@H](O)C(O)CC1O. The monoisotopic (exact) mass is 178 g/mol. The molecule has 1 rings (SSSR count). The van der Waals surface area contributed by atoms with Gasteiger partial charge in [0.2, 0.25) is 0 Å². The predicted octanol–water partition coefficient (Wildman–Crippen LogP) is -1.80. The molecule has 0 aromatic rings. The van der Waals surface area contributed by atoms with Crippen molar-refractivity contribution in [3.63, 3.8) is 0 Å². The highest BCUT2D eigenvalue weighted by Gasteiger charge is 2.37. The van der Waals surface area contributed by atoms with Gasteiger partial charge in [0.25, 0.3) is 0 Å². The van der Waals surface area contributed by atoms with Crippen LogP contribution in [-0.4, -0.2) is 51.1 Å². The van der Waals surface area contributed by atoms with E-state index in [4.69, 9.17) is 20.1 Å². The molecule has 0 amide bonds. The fourth-order valence-electron chi connectivity index (χ4n) is 1.28. The lowest BCUT2D eigenvalue weighted by molar-refractivity contribution is -0.262. The standard InChI is InChI=1S/C7H14O5/c1-3(8)6-4(9)2-5(10)7(11)12-6/h3-11H,2H2,1H3/t3-,4?,5?,6-,7+/m1/s1. The van der Waals surface area contributed by atoms with Crippen molar-refractivity contribution in [3.05, 3.63) is 0 Å². The van der Waals surface area contributed by atoms with Gasteiger partial charge in [0, 0.05) is 6.42 Å². The number of hydrogen-bond donors (Lipinski definition) is 4. The normalized spacial score (nSPS) is 45.8. The topological polar surface area (TPSA) is 90.2 Å². The molecule has 5 heteroatoms. The van der Waals surface area contributed by atoms with Crippen molar-refractivity contribution < 1.29 is 25.2 Å². The second-order valence-electron chi connectivity index (χ2n) is 3.10. The Bertz CT molecular complexity index is 149. The minimum absolute atomic E-state index is 0.0245. The van der Waals surface area contributed by atoms with Gasteiger partial charge in [-0.3, -0.25) is 0 Å². The fraction of sp³-hybridized carbons (Fsp3) is 1.00. The third-order valence-corrected chi connectivity index (χ3v) is 1.96. The van der Waals surface area contributed by atoms with E-state index in [0.717, 1.165) is 0 Å². The maximum Gasteiger partial charge on any atom is 0.181 e. The summed E-state index contributed by atoms with van der Waals surface area (Å²) in [6.45, 7) is 1.46. The van der Waals surface area contributed by atoms with E-state index in [-0.39, 0.29) is 6.42 Å². The Balaban J connectivity index is 2.55. The maximum atomic E-state index is 9.27. The summed E-state index contributed by atoms with van der Waals surface area (Å²) in [4.78, 5) is 0. The lowest BCUT2D eigenvalue weighted by atomic mass is 9.99. The van der Waals surface area contributed by atoms with E-state index in [1.54, 1.807) is 0 Å². The maximum absolute atomic E-state index is 9.27. The Morgan fingerprint density at radius 2 is 1.83 bits per heavy atom. The smallest absolute Gasteiger partial charge is 0.181 e. The first-order valence-corrected chi connectivity index (χ1v) is 3.90. The molecule has 0 radical (unpaired) electrons. The predicted molar refractivity (Wildman–Crippen MR) is 39.2 cm³/mol. The summed E-state index contributed by atoms with van der Waals surface area (Å²) in [5, 5.41) is 36.4. The number of rotatable bonds is 1. The fourth-order valence-corrected chi connectivity index (χ4v) is 1.28. The molecule has 1 saturated heterocycles. The molecular formula is C7H14O5. The van der Waals surface area contributed by atoms with Crippen LogP contribution >= 0.6 is 0 Å². The van der Waals surface area contributed by atoms with Gasteiger partial charge in [0.05, 0.1) is 12.2 Å². The summed E-state index contributed by atoms with van der Waals surface area (Å²) in [6, 6.07) is 0. The lowest BCUT2D eigenvalue weighted by Gasteiger charge is -2.35. The summed E-state index contributed by atoms with van der Waals surface area (Å²) in [5.74, 6) is 0. The summed E-state index contributed by atoms with van der Waals surface area (Å²) in [6.07, 6.45) is -4.96. The van der Waals surface area contributed by atoms with Crippen molar-refractivity contribution in [3.8, 4) is 0 Å². The van der Waals surface area contributed by atoms with E-state index in [1.165, 1.54) is 6.92 Å². The third kappa shape index (κ3) is 1.94. The minimum atomic E-state index is -1.31. The van der Waals surface area contributed by atoms with Gasteiger partial charge < -0.3 is 25.2 Å². The molecule has 4 N–H and O–H groups in total. The minimum Gasteiger partial charge on any atom is -0.391 e. The molecule has 1 fully saturated rings. The molecule has 0 spiro atoms. The molecule has 0 aromatic carbocycles. The van der Waals surface area contributed by atoms with Gasteiger partial charge >= 0.3 is 0 Å². The van der Waals surface area contributed by atoms with Crippen LogP contribution < -0.4 is 0 Å². The van der Waals surface area contributed by atoms with Crippen LogP contribution in [0.5, 0.6) is 0 Å². The van der Waals surface area contributed by atoms with Crippen LogP contribution in [0.4, 0.5) is 0 Å². The Kier molecular flexibility index (Phi) is 3.03. The summed E-state index contributed by atoms with van der Waals surface area (Å²) >= 11 is 0. The van der Waals surface area contributed by atoms with Gasteiger partial charge in [-0.2, -0.15) is 0 Å². The van der Waals surface area contributed by atoms with Crippen molar-refractivity contribution >= 4 is 0 Å². The molecule has 0 aliphatic carbocycles. The van der Waals surface area contributed by atoms with E-state index >= 15 is 0 Å². The van der Waals surface area contributed by atoms with Crippen molar-refractivity contribution in [2.24, 2.45) is 0 Å². The Morgan fingerprint density at radius 3 is 2.33 bits per heavy atom. The van der Waals surface area contributed by atoms with Crippen LogP contribution in [0.3, 0.4) is 0 Å². The second-order valence-corrected chi connectivity index (χ2v) is 3.10.